The maximum atomic E-state index is 14.2. The van der Waals surface area contributed by atoms with Gasteiger partial charge in [0.15, 0.2) is 6.10 Å². The van der Waals surface area contributed by atoms with Crippen LogP contribution in [-0.2, 0) is 26.1 Å². The summed E-state index contributed by atoms with van der Waals surface area (Å²) in [6.45, 7) is 13.3. The second-order valence-electron chi connectivity index (χ2n) is 12.2. The maximum Gasteiger partial charge on any atom is 0.337 e. The first-order chi connectivity index (χ1) is 17.4. The molecule has 2 aromatic rings. The zero-order valence-electron chi connectivity index (χ0n) is 23.4. The Morgan fingerprint density at radius 2 is 1.87 bits per heavy atom. The fraction of sp³-hybridized carbons (Fsp3) is 0.517. The van der Waals surface area contributed by atoms with Gasteiger partial charge in [-0.3, -0.25) is 9.29 Å². The first-order valence-electron chi connectivity index (χ1n) is 12.8. The number of carboxylic acid groups (broad SMARTS) is 1. The zero-order valence-corrected chi connectivity index (χ0v) is 24.2. The lowest BCUT2D eigenvalue weighted by molar-refractivity contribution is -0.160. The molecule has 9 heteroatoms. The van der Waals surface area contributed by atoms with E-state index in [9.17, 15) is 22.7 Å². The van der Waals surface area contributed by atoms with Gasteiger partial charge in [0, 0.05) is 16.7 Å². The van der Waals surface area contributed by atoms with Gasteiger partial charge in [-0.1, -0.05) is 19.9 Å². The van der Waals surface area contributed by atoms with Gasteiger partial charge >= 0.3 is 5.97 Å². The molecular weight excluding hydrogens is 507 g/mol. The number of ether oxygens (including phenoxy) is 1. The predicted molar refractivity (Wildman–Crippen MR) is 147 cm³/mol. The molecule has 0 fully saturated rings. The highest BCUT2D eigenvalue weighted by molar-refractivity contribution is 7.92. The highest BCUT2D eigenvalue weighted by atomic mass is 32.2. The number of halogens is 1. The molecule has 1 atom stereocenters. The molecule has 1 aliphatic heterocycles. The summed E-state index contributed by atoms with van der Waals surface area (Å²) in [6, 6.07) is 1.32. The standard InChI is InChI=1S/C29H37FN2O5S/c1-16-21(18-9-11-29(6,7)12-10-18)22(26(27(33)34)37-28(3,4)5)17(2)25-23(16)24-19(13-20(30)14-31-24)15-32(25)38(8,35)36/h9,13-14,26H,10-12,15H2,1-8H3,(H,33,34)/t26-/m0/s1. The molecule has 2 aliphatic rings. The summed E-state index contributed by atoms with van der Waals surface area (Å²) in [5.41, 5.74) is 4.69. The van der Waals surface area contributed by atoms with Crippen LogP contribution in [-0.4, -0.2) is 36.3 Å². The Bertz CT molecular complexity index is 1450. The SMILES string of the molecule is Cc1c(C2=CCC(C)(C)CC2)c([C@H](OC(C)(C)C)C(=O)O)c(C)c2c1-c1ncc(F)cc1CN2S(C)(=O)=O. The Balaban J connectivity index is 2.16. The van der Waals surface area contributed by atoms with Crippen LogP contribution in [0.3, 0.4) is 0 Å². The zero-order chi connectivity index (χ0) is 28.4. The van der Waals surface area contributed by atoms with Crippen LogP contribution in [0.5, 0.6) is 0 Å². The average Bonchev–Trinajstić information content (AvgIpc) is 2.77. The summed E-state index contributed by atoms with van der Waals surface area (Å²) in [5, 5.41) is 10.4. The van der Waals surface area contributed by atoms with E-state index in [0.717, 1.165) is 42.9 Å². The Morgan fingerprint density at radius 3 is 2.39 bits per heavy atom. The van der Waals surface area contributed by atoms with E-state index in [1.807, 2.05) is 6.92 Å². The van der Waals surface area contributed by atoms with E-state index >= 15 is 0 Å². The van der Waals surface area contributed by atoms with E-state index in [4.69, 9.17) is 4.74 Å². The molecule has 0 radical (unpaired) electrons. The molecule has 0 saturated carbocycles. The van der Waals surface area contributed by atoms with Crippen LogP contribution < -0.4 is 4.31 Å². The van der Waals surface area contributed by atoms with Crippen molar-refractivity contribution in [3.05, 3.63) is 52.0 Å². The van der Waals surface area contributed by atoms with Gasteiger partial charge < -0.3 is 9.84 Å². The van der Waals surface area contributed by atoms with Crippen LogP contribution in [0.2, 0.25) is 0 Å². The Hall–Kier alpha value is -2.78. The number of anilines is 1. The van der Waals surface area contributed by atoms with Crippen molar-refractivity contribution in [3.8, 4) is 11.3 Å². The summed E-state index contributed by atoms with van der Waals surface area (Å²) in [6.07, 6.45) is 5.54. The lowest BCUT2D eigenvalue weighted by Gasteiger charge is -2.38. The van der Waals surface area contributed by atoms with Crippen molar-refractivity contribution in [1.29, 1.82) is 0 Å². The van der Waals surface area contributed by atoms with Crippen molar-refractivity contribution in [3.63, 3.8) is 0 Å². The van der Waals surface area contributed by atoms with Gasteiger partial charge in [-0.15, -0.1) is 0 Å². The molecular formula is C29H37FN2O5S. The second-order valence-corrected chi connectivity index (χ2v) is 14.1. The number of fused-ring (bicyclic) bond motifs is 3. The summed E-state index contributed by atoms with van der Waals surface area (Å²) in [4.78, 5) is 17.1. The fourth-order valence-corrected chi connectivity index (χ4v) is 6.52. The van der Waals surface area contributed by atoms with Crippen LogP contribution in [0.4, 0.5) is 10.1 Å². The molecule has 7 nitrogen and oxygen atoms in total. The van der Waals surface area contributed by atoms with Crippen LogP contribution in [0.25, 0.3) is 16.8 Å². The highest BCUT2D eigenvalue weighted by Gasteiger charge is 2.39. The third-order valence-electron chi connectivity index (χ3n) is 7.40. The number of allylic oxidation sites excluding steroid dienone is 2. The van der Waals surface area contributed by atoms with E-state index < -0.39 is 33.5 Å². The molecule has 38 heavy (non-hydrogen) atoms. The predicted octanol–water partition coefficient (Wildman–Crippen LogP) is 6.32. The number of benzene rings is 1. The number of aliphatic carboxylic acids is 1. The topological polar surface area (TPSA) is 96.8 Å². The molecule has 0 spiro atoms. The van der Waals surface area contributed by atoms with Crippen molar-refractivity contribution in [2.24, 2.45) is 5.41 Å². The Kier molecular flexibility index (Phi) is 7.02. The first-order valence-corrected chi connectivity index (χ1v) is 14.7. The Morgan fingerprint density at radius 1 is 1.21 bits per heavy atom. The van der Waals surface area contributed by atoms with E-state index in [2.05, 4.69) is 24.9 Å². The van der Waals surface area contributed by atoms with Gasteiger partial charge in [-0.05, 0) is 87.6 Å². The number of carbonyl (C=O) groups is 1. The van der Waals surface area contributed by atoms with Crippen molar-refractivity contribution in [1.82, 2.24) is 4.98 Å². The fourth-order valence-electron chi connectivity index (χ4n) is 5.58. The number of carboxylic acids is 1. The molecule has 4 rings (SSSR count). The largest absolute Gasteiger partial charge is 0.479 e. The van der Waals surface area contributed by atoms with Crippen LogP contribution in [0.15, 0.2) is 18.3 Å². The number of aromatic nitrogens is 1. The van der Waals surface area contributed by atoms with E-state index in [1.165, 1.54) is 10.4 Å². The van der Waals surface area contributed by atoms with Gasteiger partial charge in [0.1, 0.15) is 5.82 Å². The number of nitrogens with zero attached hydrogens (tertiary/aromatic N) is 2. The quantitative estimate of drug-likeness (QED) is 0.473. The third-order valence-corrected chi connectivity index (χ3v) is 8.51. The molecule has 1 N–H and O–H groups in total. The first kappa shape index (κ1) is 28.2. The summed E-state index contributed by atoms with van der Waals surface area (Å²) >= 11 is 0. The van der Waals surface area contributed by atoms with Gasteiger partial charge in [0.05, 0.1) is 36.0 Å². The molecule has 0 saturated heterocycles. The van der Waals surface area contributed by atoms with E-state index in [0.29, 0.717) is 39.2 Å². The van der Waals surface area contributed by atoms with Crippen LogP contribution >= 0.6 is 0 Å². The lowest BCUT2D eigenvalue weighted by atomic mass is 9.73. The van der Waals surface area contributed by atoms with Crippen LogP contribution in [0, 0.1) is 25.1 Å². The Labute approximate surface area is 224 Å². The van der Waals surface area contributed by atoms with E-state index in [1.54, 1.807) is 27.7 Å². The van der Waals surface area contributed by atoms with E-state index in [-0.39, 0.29) is 12.0 Å². The average molecular weight is 545 g/mol. The minimum Gasteiger partial charge on any atom is -0.479 e. The lowest BCUT2D eigenvalue weighted by Crippen LogP contribution is -2.35. The number of hydrogen-bond donors (Lipinski definition) is 1. The maximum absolute atomic E-state index is 14.2. The molecule has 1 aromatic heterocycles. The van der Waals surface area contributed by atoms with Crippen molar-refractivity contribution in [2.75, 3.05) is 10.6 Å². The van der Waals surface area contributed by atoms with Crippen molar-refractivity contribution >= 4 is 27.3 Å². The highest BCUT2D eigenvalue weighted by Crippen LogP contribution is 2.51. The summed E-state index contributed by atoms with van der Waals surface area (Å²) < 4.78 is 47.7. The molecule has 0 bridgehead atoms. The summed E-state index contributed by atoms with van der Waals surface area (Å²) in [7, 11) is -3.80. The monoisotopic (exact) mass is 544 g/mol. The van der Waals surface area contributed by atoms with Gasteiger partial charge in [-0.2, -0.15) is 0 Å². The number of sulfonamides is 1. The minimum absolute atomic E-state index is 0.0975. The van der Waals surface area contributed by atoms with Gasteiger partial charge in [0.25, 0.3) is 0 Å². The minimum atomic E-state index is -3.80. The number of hydrogen-bond acceptors (Lipinski definition) is 5. The number of pyridine rings is 1. The third kappa shape index (κ3) is 5.23. The van der Waals surface area contributed by atoms with Crippen LogP contribution in [0.1, 0.15) is 87.8 Å². The smallest absolute Gasteiger partial charge is 0.337 e. The van der Waals surface area contributed by atoms with Crippen molar-refractivity contribution < 1.29 is 27.4 Å². The second kappa shape index (κ2) is 9.45. The number of rotatable bonds is 5. The molecule has 0 unspecified atom stereocenters. The van der Waals surface area contributed by atoms with Gasteiger partial charge in [0.2, 0.25) is 10.0 Å². The molecule has 1 aromatic carbocycles. The van der Waals surface area contributed by atoms with Crippen molar-refractivity contribution in [2.45, 2.75) is 86.0 Å². The molecule has 0 amide bonds. The van der Waals surface area contributed by atoms with Gasteiger partial charge in [-0.25, -0.2) is 17.6 Å². The summed E-state index contributed by atoms with van der Waals surface area (Å²) in [5.74, 6) is -1.70. The molecule has 1 aliphatic carbocycles. The molecule has 206 valence electrons. The normalized spacial score (nSPS) is 17.9. The molecule has 2 heterocycles.